The standard InChI is InChI=1S/C18H16N2O3S/c21-16-10-13(11-23-17(22)12-6-2-1-3-7-12)19-18-20(16)14-8-4-5-9-15(14)24-18/h1-3,6-7,10H,4-5,8-9,11H2. The molecule has 5 nitrogen and oxygen atoms in total. The zero-order valence-corrected chi connectivity index (χ0v) is 13.8. The van der Waals surface area contributed by atoms with Crippen molar-refractivity contribution in [2.75, 3.05) is 0 Å². The molecule has 0 aliphatic heterocycles. The monoisotopic (exact) mass is 340 g/mol. The molecule has 0 saturated carbocycles. The van der Waals surface area contributed by atoms with Gasteiger partial charge in [-0.25, -0.2) is 9.78 Å². The number of hydrogen-bond donors (Lipinski definition) is 0. The molecule has 4 rings (SSSR count). The summed E-state index contributed by atoms with van der Waals surface area (Å²) in [4.78, 5) is 30.9. The normalized spacial score (nSPS) is 13.7. The molecule has 0 bridgehead atoms. The molecule has 2 heterocycles. The minimum atomic E-state index is -0.414. The number of hydrogen-bond acceptors (Lipinski definition) is 5. The van der Waals surface area contributed by atoms with Crippen molar-refractivity contribution in [3.05, 3.63) is 68.6 Å². The first-order valence-electron chi connectivity index (χ1n) is 7.98. The van der Waals surface area contributed by atoms with Gasteiger partial charge in [-0.05, 0) is 37.8 Å². The van der Waals surface area contributed by atoms with Gasteiger partial charge in [0.1, 0.15) is 6.61 Å². The van der Waals surface area contributed by atoms with Crippen LogP contribution >= 0.6 is 11.3 Å². The van der Waals surface area contributed by atoms with Gasteiger partial charge in [0.25, 0.3) is 5.56 Å². The molecular weight excluding hydrogens is 324 g/mol. The number of ether oxygens (including phenoxy) is 1. The molecule has 1 aliphatic carbocycles. The van der Waals surface area contributed by atoms with Crippen molar-refractivity contribution in [2.45, 2.75) is 32.3 Å². The highest BCUT2D eigenvalue weighted by Crippen LogP contribution is 2.28. The molecule has 1 aromatic carbocycles. The van der Waals surface area contributed by atoms with E-state index in [-0.39, 0.29) is 12.2 Å². The first kappa shape index (κ1) is 15.1. The van der Waals surface area contributed by atoms with Crippen molar-refractivity contribution in [1.29, 1.82) is 0 Å². The average Bonchev–Trinajstić information content (AvgIpc) is 2.99. The number of aryl methyl sites for hydroxylation is 2. The fourth-order valence-electron chi connectivity index (χ4n) is 3.01. The van der Waals surface area contributed by atoms with Gasteiger partial charge < -0.3 is 4.74 Å². The Morgan fingerprint density at radius 2 is 2.00 bits per heavy atom. The average molecular weight is 340 g/mol. The largest absolute Gasteiger partial charge is 0.456 e. The van der Waals surface area contributed by atoms with E-state index in [1.807, 2.05) is 6.07 Å². The second-order valence-electron chi connectivity index (χ2n) is 5.82. The Morgan fingerprint density at radius 3 is 2.83 bits per heavy atom. The minimum Gasteiger partial charge on any atom is -0.456 e. The number of fused-ring (bicyclic) bond motifs is 3. The highest BCUT2D eigenvalue weighted by atomic mass is 32.1. The summed E-state index contributed by atoms with van der Waals surface area (Å²) in [7, 11) is 0. The van der Waals surface area contributed by atoms with Gasteiger partial charge in [0.2, 0.25) is 0 Å². The van der Waals surface area contributed by atoms with Gasteiger partial charge in [-0.3, -0.25) is 9.20 Å². The van der Waals surface area contributed by atoms with E-state index in [2.05, 4.69) is 4.98 Å². The fraction of sp³-hybridized carbons (Fsp3) is 0.278. The molecule has 122 valence electrons. The lowest BCUT2D eigenvalue weighted by molar-refractivity contribution is 0.0468. The van der Waals surface area contributed by atoms with E-state index >= 15 is 0 Å². The van der Waals surface area contributed by atoms with Crippen molar-refractivity contribution in [3.63, 3.8) is 0 Å². The van der Waals surface area contributed by atoms with Crippen LogP contribution in [0.15, 0.2) is 41.2 Å². The van der Waals surface area contributed by atoms with E-state index in [1.165, 1.54) is 10.9 Å². The second-order valence-corrected chi connectivity index (χ2v) is 6.89. The van der Waals surface area contributed by atoms with Crippen LogP contribution in [0, 0.1) is 0 Å². The first-order chi connectivity index (χ1) is 11.7. The predicted molar refractivity (Wildman–Crippen MR) is 91.5 cm³/mol. The van der Waals surface area contributed by atoms with E-state index in [0.717, 1.165) is 31.4 Å². The molecule has 3 aromatic rings. The third kappa shape index (κ3) is 2.73. The SMILES string of the molecule is O=C(OCc1cc(=O)n2c3c(sc2n1)CCCC3)c1ccccc1. The quantitative estimate of drug-likeness (QED) is 0.688. The predicted octanol–water partition coefficient (Wildman–Crippen LogP) is 2.99. The van der Waals surface area contributed by atoms with Crippen molar-refractivity contribution in [3.8, 4) is 0 Å². The van der Waals surface area contributed by atoms with Gasteiger partial charge in [-0.1, -0.05) is 18.2 Å². The van der Waals surface area contributed by atoms with Gasteiger partial charge in [-0.2, -0.15) is 0 Å². The highest BCUT2D eigenvalue weighted by molar-refractivity contribution is 7.17. The van der Waals surface area contributed by atoms with E-state index < -0.39 is 5.97 Å². The molecule has 0 N–H and O–H groups in total. The van der Waals surface area contributed by atoms with E-state index in [0.29, 0.717) is 16.2 Å². The van der Waals surface area contributed by atoms with Gasteiger partial charge in [-0.15, -0.1) is 11.3 Å². The van der Waals surface area contributed by atoms with Crippen LogP contribution < -0.4 is 5.56 Å². The Hall–Kier alpha value is -2.47. The highest BCUT2D eigenvalue weighted by Gasteiger charge is 2.18. The van der Waals surface area contributed by atoms with Crippen LogP contribution in [-0.4, -0.2) is 15.4 Å². The molecule has 0 fully saturated rings. The minimum absolute atomic E-state index is 0.00202. The van der Waals surface area contributed by atoms with Crippen LogP contribution in [0.5, 0.6) is 0 Å². The van der Waals surface area contributed by atoms with Gasteiger partial charge >= 0.3 is 5.97 Å². The van der Waals surface area contributed by atoms with Crippen molar-refractivity contribution < 1.29 is 9.53 Å². The number of benzene rings is 1. The van der Waals surface area contributed by atoms with Gasteiger partial charge in [0.05, 0.1) is 11.3 Å². The Kier molecular flexibility index (Phi) is 3.90. The molecule has 0 radical (unpaired) electrons. The van der Waals surface area contributed by atoms with Gasteiger partial charge in [0, 0.05) is 16.6 Å². The summed E-state index contributed by atoms with van der Waals surface area (Å²) in [5.74, 6) is -0.414. The lowest BCUT2D eigenvalue weighted by Gasteiger charge is -2.10. The summed E-state index contributed by atoms with van der Waals surface area (Å²) in [6.45, 7) is 0.00202. The Balaban J connectivity index is 1.59. The van der Waals surface area contributed by atoms with E-state index in [4.69, 9.17) is 4.74 Å². The van der Waals surface area contributed by atoms with Crippen molar-refractivity contribution in [2.24, 2.45) is 0 Å². The van der Waals surface area contributed by atoms with Gasteiger partial charge in [0.15, 0.2) is 4.96 Å². The molecule has 24 heavy (non-hydrogen) atoms. The smallest absolute Gasteiger partial charge is 0.338 e. The molecule has 0 unspecified atom stereocenters. The van der Waals surface area contributed by atoms with Crippen molar-refractivity contribution >= 4 is 22.3 Å². The summed E-state index contributed by atoms with van der Waals surface area (Å²) in [6, 6.07) is 10.3. The van der Waals surface area contributed by atoms with Crippen LogP contribution in [0.4, 0.5) is 0 Å². The molecular formula is C18H16N2O3S. The number of carbonyl (C=O) groups is 1. The number of thiazole rings is 1. The number of aromatic nitrogens is 2. The molecule has 6 heteroatoms. The van der Waals surface area contributed by atoms with E-state index in [9.17, 15) is 9.59 Å². The Morgan fingerprint density at radius 1 is 1.21 bits per heavy atom. The summed E-state index contributed by atoms with van der Waals surface area (Å²) < 4.78 is 6.99. The van der Waals surface area contributed by atoms with E-state index in [1.54, 1.807) is 40.0 Å². The zero-order valence-electron chi connectivity index (χ0n) is 13.0. The summed E-state index contributed by atoms with van der Waals surface area (Å²) in [5, 5.41) is 0. The Bertz CT molecular complexity index is 960. The topological polar surface area (TPSA) is 60.7 Å². The maximum Gasteiger partial charge on any atom is 0.338 e. The number of esters is 1. The summed E-state index contributed by atoms with van der Waals surface area (Å²) in [5.41, 5.74) is 1.99. The second kappa shape index (κ2) is 6.20. The van der Waals surface area contributed by atoms with Crippen molar-refractivity contribution in [1.82, 2.24) is 9.38 Å². The summed E-state index contributed by atoms with van der Waals surface area (Å²) >= 11 is 1.57. The molecule has 1 aliphatic rings. The molecule has 0 amide bonds. The third-order valence-corrected chi connectivity index (χ3v) is 5.32. The first-order valence-corrected chi connectivity index (χ1v) is 8.79. The lowest BCUT2D eigenvalue weighted by atomic mass is 10.0. The third-order valence-electron chi connectivity index (χ3n) is 4.18. The molecule has 0 spiro atoms. The van der Waals surface area contributed by atoms with Crippen LogP contribution in [0.25, 0.3) is 4.96 Å². The number of carbonyl (C=O) groups excluding carboxylic acids is 1. The fourth-order valence-corrected chi connectivity index (χ4v) is 4.25. The molecule has 0 atom stereocenters. The van der Waals surface area contributed by atoms with Crippen LogP contribution in [0.2, 0.25) is 0 Å². The maximum absolute atomic E-state index is 12.4. The molecule has 2 aromatic heterocycles. The van der Waals surface area contributed by atoms with Crippen LogP contribution in [-0.2, 0) is 24.2 Å². The maximum atomic E-state index is 12.4. The van der Waals surface area contributed by atoms with Crippen LogP contribution in [0.1, 0.15) is 39.5 Å². The zero-order chi connectivity index (χ0) is 16.5. The molecule has 0 saturated heterocycles. The Labute approximate surface area is 142 Å². The van der Waals surface area contributed by atoms with Crippen LogP contribution in [0.3, 0.4) is 0 Å². The summed E-state index contributed by atoms with van der Waals surface area (Å²) in [6.07, 6.45) is 4.22. The number of rotatable bonds is 3. The lowest BCUT2D eigenvalue weighted by Crippen LogP contribution is -2.18. The number of nitrogens with zero attached hydrogens (tertiary/aromatic N) is 2.